The molecule has 6 heteroatoms. The Balaban J connectivity index is 2.55. The SMILES string of the molecule is O=[N+]([O-])c1cc(Cl)ccc1CNCCCCO. The zero-order valence-corrected chi connectivity index (χ0v) is 10.1. The van der Waals surface area contributed by atoms with Gasteiger partial charge in [0.2, 0.25) is 0 Å². The Morgan fingerprint density at radius 1 is 1.41 bits per heavy atom. The van der Waals surface area contributed by atoms with Gasteiger partial charge in [0.05, 0.1) is 4.92 Å². The first kappa shape index (κ1) is 13.9. The van der Waals surface area contributed by atoms with E-state index in [4.69, 9.17) is 16.7 Å². The van der Waals surface area contributed by atoms with Gasteiger partial charge in [0.1, 0.15) is 0 Å². The average molecular weight is 259 g/mol. The van der Waals surface area contributed by atoms with E-state index in [9.17, 15) is 10.1 Å². The van der Waals surface area contributed by atoms with E-state index in [1.807, 2.05) is 0 Å². The molecule has 0 radical (unpaired) electrons. The molecule has 0 aromatic heterocycles. The second kappa shape index (κ2) is 7.21. The van der Waals surface area contributed by atoms with Gasteiger partial charge in [-0.25, -0.2) is 0 Å². The number of unbranched alkanes of at least 4 members (excludes halogenated alkanes) is 1. The third-order valence-electron chi connectivity index (χ3n) is 2.32. The summed E-state index contributed by atoms with van der Waals surface area (Å²) in [4.78, 5) is 10.4. The summed E-state index contributed by atoms with van der Waals surface area (Å²) in [6.07, 6.45) is 1.58. The highest BCUT2D eigenvalue weighted by atomic mass is 35.5. The van der Waals surface area contributed by atoms with E-state index in [-0.39, 0.29) is 12.3 Å². The number of nitro benzene ring substituents is 1. The first-order valence-electron chi connectivity index (χ1n) is 5.39. The van der Waals surface area contributed by atoms with Gasteiger partial charge in [-0.3, -0.25) is 10.1 Å². The zero-order valence-electron chi connectivity index (χ0n) is 9.36. The summed E-state index contributed by atoms with van der Waals surface area (Å²) in [6.45, 7) is 1.32. The normalized spacial score (nSPS) is 10.5. The lowest BCUT2D eigenvalue weighted by Crippen LogP contribution is -2.15. The molecule has 5 nitrogen and oxygen atoms in total. The Morgan fingerprint density at radius 2 is 2.18 bits per heavy atom. The van der Waals surface area contributed by atoms with Crippen molar-refractivity contribution in [1.29, 1.82) is 0 Å². The van der Waals surface area contributed by atoms with Crippen LogP contribution in [0.3, 0.4) is 0 Å². The Morgan fingerprint density at radius 3 is 2.82 bits per heavy atom. The molecule has 0 amide bonds. The third-order valence-corrected chi connectivity index (χ3v) is 2.56. The molecule has 0 atom stereocenters. The van der Waals surface area contributed by atoms with Crippen LogP contribution in [0.4, 0.5) is 5.69 Å². The van der Waals surface area contributed by atoms with Crippen LogP contribution in [-0.2, 0) is 6.54 Å². The second-order valence-electron chi connectivity index (χ2n) is 3.64. The van der Waals surface area contributed by atoms with Crippen LogP contribution in [0.15, 0.2) is 18.2 Å². The number of rotatable bonds is 7. The highest BCUT2D eigenvalue weighted by Crippen LogP contribution is 2.22. The van der Waals surface area contributed by atoms with Gasteiger partial charge in [-0.05, 0) is 31.5 Å². The molecule has 17 heavy (non-hydrogen) atoms. The fourth-order valence-electron chi connectivity index (χ4n) is 1.44. The van der Waals surface area contributed by atoms with Crippen LogP contribution in [0.1, 0.15) is 18.4 Å². The van der Waals surface area contributed by atoms with Crippen molar-refractivity contribution >= 4 is 17.3 Å². The summed E-state index contributed by atoms with van der Waals surface area (Å²) >= 11 is 5.71. The molecule has 1 aromatic carbocycles. The van der Waals surface area contributed by atoms with Crippen molar-refractivity contribution < 1.29 is 10.0 Å². The topological polar surface area (TPSA) is 75.4 Å². The van der Waals surface area contributed by atoms with Gasteiger partial charge in [0.15, 0.2) is 0 Å². The van der Waals surface area contributed by atoms with E-state index >= 15 is 0 Å². The minimum Gasteiger partial charge on any atom is -0.396 e. The van der Waals surface area contributed by atoms with Crippen LogP contribution in [-0.4, -0.2) is 23.2 Å². The molecule has 0 aliphatic heterocycles. The lowest BCUT2D eigenvalue weighted by Gasteiger charge is -2.05. The molecule has 0 spiro atoms. The molecule has 0 bridgehead atoms. The Hall–Kier alpha value is -1.17. The van der Waals surface area contributed by atoms with Crippen molar-refractivity contribution in [2.45, 2.75) is 19.4 Å². The smallest absolute Gasteiger partial charge is 0.275 e. The van der Waals surface area contributed by atoms with Crippen LogP contribution in [0.2, 0.25) is 5.02 Å². The summed E-state index contributed by atoms with van der Waals surface area (Å²) < 4.78 is 0. The van der Waals surface area contributed by atoms with Crippen molar-refractivity contribution in [2.24, 2.45) is 0 Å². The van der Waals surface area contributed by atoms with Crippen molar-refractivity contribution in [2.75, 3.05) is 13.2 Å². The number of aliphatic hydroxyl groups excluding tert-OH is 1. The van der Waals surface area contributed by atoms with E-state index in [1.54, 1.807) is 12.1 Å². The summed E-state index contributed by atoms with van der Waals surface area (Å²) in [5.41, 5.74) is 0.649. The molecule has 0 saturated heterocycles. The maximum absolute atomic E-state index is 10.8. The highest BCUT2D eigenvalue weighted by molar-refractivity contribution is 6.30. The molecule has 94 valence electrons. The zero-order chi connectivity index (χ0) is 12.7. The first-order chi connectivity index (χ1) is 8.15. The third kappa shape index (κ3) is 4.68. The van der Waals surface area contributed by atoms with E-state index in [0.29, 0.717) is 17.1 Å². The van der Waals surface area contributed by atoms with E-state index in [1.165, 1.54) is 6.07 Å². The maximum Gasteiger partial charge on any atom is 0.275 e. The predicted octanol–water partition coefficient (Wildman–Crippen LogP) is 2.11. The number of benzene rings is 1. The number of nitro groups is 1. The van der Waals surface area contributed by atoms with Gasteiger partial charge in [-0.2, -0.15) is 0 Å². The standard InChI is InChI=1S/C11H15ClN2O3/c12-10-4-3-9(11(7-10)14(16)17)8-13-5-1-2-6-15/h3-4,7,13,15H,1-2,5-6,8H2. The van der Waals surface area contributed by atoms with Gasteiger partial charge in [0.25, 0.3) is 5.69 Å². The molecule has 0 unspecified atom stereocenters. The van der Waals surface area contributed by atoms with Gasteiger partial charge in [0, 0.05) is 29.8 Å². The van der Waals surface area contributed by atoms with Crippen LogP contribution in [0.25, 0.3) is 0 Å². The van der Waals surface area contributed by atoms with Crippen molar-refractivity contribution in [3.8, 4) is 0 Å². The van der Waals surface area contributed by atoms with Crippen LogP contribution in [0.5, 0.6) is 0 Å². The van der Waals surface area contributed by atoms with Crippen molar-refractivity contribution in [1.82, 2.24) is 5.32 Å². The van der Waals surface area contributed by atoms with Crippen LogP contribution in [0, 0.1) is 10.1 Å². The number of hydrogen-bond donors (Lipinski definition) is 2. The number of aliphatic hydroxyl groups is 1. The largest absolute Gasteiger partial charge is 0.396 e. The fourth-order valence-corrected chi connectivity index (χ4v) is 1.61. The number of halogens is 1. The summed E-state index contributed by atoms with van der Waals surface area (Å²) in [5.74, 6) is 0. The fraction of sp³-hybridized carbons (Fsp3) is 0.455. The molecule has 0 fully saturated rings. The van der Waals surface area contributed by atoms with Gasteiger partial charge in [-0.1, -0.05) is 11.6 Å². The lowest BCUT2D eigenvalue weighted by molar-refractivity contribution is -0.385. The molecule has 0 aliphatic rings. The molecule has 0 saturated carbocycles. The summed E-state index contributed by atoms with van der Waals surface area (Å²) in [7, 11) is 0. The summed E-state index contributed by atoms with van der Waals surface area (Å²) in [5, 5.41) is 22.8. The lowest BCUT2D eigenvalue weighted by atomic mass is 10.2. The Labute approximate surface area is 105 Å². The van der Waals surface area contributed by atoms with E-state index in [0.717, 1.165) is 19.4 Å². The second-order valence-corrected chi connectivity index (χ2v) is 4.07. The van der Waals surface area contributed by atoms with Crippen molar-refractivity contribution in [3.05, 3.63) is 38.9 Å². The van der Waals surface area contributed by atoms with Gasteiger partial charge in [-0.15, -0.1) is 0 Å². The number of hydrogen-bond acceptors (Lipinski definition) is 4. The van der Waals surface area contributed by atoms with Crippen LogP contribution < -0.4 is 5.32 Å². The molecule has 0 aliphatic carbocycles. The minimum absolute atomic E-state index is 0.0344. The first-order valence-corrected chi connectivity index (χ1v) is 5.77. The molecule has 0 heterocycles. The van der Waals surface area contributed by atoms with Crippen molar-refractivity contribution in [3.63, 3.8) is 0 Å². The maximum atomic E-state index is 10.8. The van der Waals surface area contributed by atoms with Gasteiger partial charge >= 0.3 is 0 Å². The quantitative estimate of drug-likeness (QED) is 0.446. The number of nitrogens with zero attached hydrogens (tertiary/aromatic N) is 1. The predicted molar refractivity (Wildman–Crippen MR) is 66.1 cm³/mol. The van der Waals surface area contributed by atoms with Gasteiger partial charge < -0.3 is 10.4 Å². The van der Waals surface area contributed by atoms with Crippen LogP contribution >= 0.6 is 11.6 Å². The molecule has 2 N–H and O–H groups in total. The monoisotopic (exact) mass is 258 g/mol. The minimum atomic E-state index is -0.434. The molecular weight excluding hydrogens is 244 g/mol. The Kier molecular flexibility index (Phi) is 5.90. The molecular formula is C11H15ClN2O3. The number of nitrogens with one attached hydrogen (secondary N) is 1. The molecule has 1 aromatic rings. The Bertz CT molecular complexity index is 385. The summed E-state index contributed by atoms with van der Waals surface area (Å²) in [6, 6.07) is 4.64. The average Bonchev–Trinajstić information content (AvgIpc) is 2.30. The highest BCUT2D eigenvalue weighted by Gasteiger charge is 2.13. The van der Waals surface area contributed by atoms with E-state index < -0.39 is 4.92 Å². The van der Waals surface area contributed by atoms with E-state index in [2.05, 4.69) is 5.32 Å². The molecule has 1 rings (SSSR count).